The zero-order valence-electron chi connectivity index (χ0n) is 9.96. The molecule has 4 heteroatoms. The van der Waals surface area contributed by atoms with E-state index < -0.39 is 5.97 Å². The molecule has 3 rings (SSSR count). The minimum Gasteiger partial charge on any atom is -0.477 e. The SMILES string of the molecule is Cl.O=C(O)c1cc2cccc(-c3ccccc3)c2[nH]1. The van der Waals surface area contributed by atoms with E-state index in [2.05, 4.69) is 4.98 Å². The minimum absolute atomic E-state index is 0. The van der Waals surface area contributed by atoms with E-state index in [1.165, 1.54) is 0 Å². The van der Waals surface area contributed by atoms with Gasteiger partial charge in [0, 0.05) is 10.9 Å². The Morgan fingerprint density at radius 1 is 1.00 bits per heavy atom. The standard InChI is InChI=1S/C15H11NO2.ClH/c17-15(18)13-9-11-7-4-8-12(14(11)16-13)10-5-2-1-3-6-10;/h1-9,16H,(H,17,18);1H. The van der Waals surface area contributed by atoms with E-state index in [0.717, 1.165) is 22.0 Å². The highest BCUT2D eigenvalue weighted by atomic mass is 35.5. The van der Waals surface area contributed by atoms with Gasteiger partial charge in [-0.25, -0.2) is 4.79 Å². The maximum absolute atomic E-state index is 11.0. The molecule has 1 aromatic heterocycles. The summed E-state index contributed by atoms with van der Waals surface area (Å²) in [6, 6.07) is 17.4. The summed E-state index contributed by atoms with van der Waals surface area (Å²) in [4.78, 5) is 13.9. The van der Waals surface area contributed by atoms with Crippen LogP contribution in [0.3, 0.4) is 0 Å². The van der Waals surface area contributed by atoms with Gasteiger partial charge < -0.3 is 10.1 Å². The minimum atomic E-state index is -0.940. The van der Waals surface area contributed by atoms with Crippen LogP contribution in [-0.4, -0.2) is 16.1 Å². The fourth-order valence-corrected chi connectivity index (χ4v) is 2.13. The summed E-state index contributed by atoms with van der Waals surface area (Å²) in [5.74, 6) is -0.940. The van der Waals surface area contributed by atoms with Crippen LogP contribution in [0.2, 0.25) is 0 Å². The molecule has 0 saturated carbocycles. The van der Waals surface area contributed by atoms with Crippen molar-refractivity contribution in [2.75, 3.05) is 0 Å². The van der Waals surface area contributed by atoms with Crippen molar-refractivity contribution in [3.8, 4) is 11.1 Å². The van der Waals surface area contributed by atoms with Gasteiger partial charge in [-0.15, -0.1) is 12.4 Å². The van der Waals surface area contributed by atoms with Crippen molar-refractivity contribution in [1.29, 1.82) is 0 Å². The normalized spacial score (nSPS) is 10.1. The highest BCUT2D eigenvalue weighted by Gasteiger charge is 2.10. The fraction of sp³-hybridized carbons (Fsp3) is 0. The lowest BCUT2D eigenvalue weighted by Crippen LogP contribution is -1.95. The van der Waals surface area contributed by atoms with Crippen LogP contribution < -0.4 is 0 Å². The molecule has 0 bridgehead atoms. The molecular formula is C15H12ClNO2. The third-order valence-electron chi connectivity index (χ3n) is 2.97. The lowest BCUT2D eigenvalue weighted by Gasteiger charge is -2.02. The summed E-state index contributed by atoms with van der Waals surface area (Å²) in [6.45, 7) is 0. The van der Waals surface area contributed by atoms with Crippen LogP contribution in [0.4, 0.5) is 0 Å². The van der Waals surface area contributed by atoms with Crippen LogP contribution in [0, 0.1) is 0 Å². The molecule has 2 aromatic carbocycles. The predicted molar refractivity (Wildman–Crippen MR) is 77.9 cm³/mol. The van der Waals surface area contributed by atoms with Gasteiger partial charge in [-0.2, -0.15) is 0 Å². The van der Waals surface area contributed by atoms with Crippen LogP contribution in [0.1, 0.15) is 10.5 Å². The van der Waals surface area contributed by atoms with Gasteiger partial charge in [0.05, 0.1) is 5.52 Å². The summed E-state index contributed by atoms with van der Waals surface area (Å²) in [6.07, 6.45) is 0. The highest BCUT2D eigenvalue weighted by Crippen LogP contribution is 2.28. The molecule has 0 atom stereocenters. The first kappa shape index (κ1) is 13.2. The van der Waals surface area contributed by atoms with Crippen molar-refractivity contribution in [3.63, 3.8) is 0 Å². The molecule has 96 valence electrons. The molecule has 0 saturated heterocycles. The second-order valence-electron chi connectivity index (χ2n) is 4.12. The topological polar surface area (TPSA) is 53.1 Å². The van der Waals surface area contributed by atoms with Gasteiger partial charge in [-0.3, -0.25) is 0 Å². The van der Waals surface area contributed by atoms with Crippen LogP contribution in [0.25, 0.3) is 22.0 Å². The number of fused-ring (bicyclic) bond motifs is 1. The molecule has 3 nitrogen and oxygen atoms in total. The molecular weight excluding hydrogens is 262 g/mol. The van der Waals surface area contributed by atoms with E-state index in [1.54, 1.807) is 6.07 Å². The fourth-order valence-electron chi connectivity index (χ4n) is 2.13. The highest BCUT2D eigenvalue weighted by molar-refractivity contribution is 5.99. The molecule has 1 heterocycles. The monoisotopic (exact) mass is 273 g/mol. The zero-order chi connectivity index (χ0) is 12.5. The van der Waals surface area contributed by atoms with Gasteiger partial charge >= 0.3 is 5.97 Å². The average molecular weight is 274 g/mol. The number of carboxylic acids is 1. The van der Waals surface area contributed by atoms with Crippen molar-refractivity contribution in [3.05, 3.63) is 60.3 Å². The number of carboxylic acid groups (broad SMARTS) is 1. The summed E-state index contributed by atoms with van der Waals surface area (Å²) in [5, 5.41) is 9.93. The number of hydrogen-bond acceptors (Lipinski definition) is 1. The lowest BCUT2D eigenvalue weighted by atomic mass is 10.0. The van der Waals surface area contributed by atoms with Gasteiger partial charge in [0.2, 0.25) is 0 Å². The summed E-state index contributed by atoms with van der Waals surface area (Å²) >= 11 is 0. The Bertz CT molecular complexity index is 719. The second kappa shape index (κ2) is 5.16. The number of para-hydroxylation sites is 1. The van der Waals surface area contributed by atoms with E-state index in [1.807, 2.05) is 48.5 Å². The molecule has 0 fully saturated rings. The first-order valence-electron chi connectivity index (χ1n) is 5.66. The maximum Gasteiger partial charge on any atom is 0.352 e. The van der Waals surface area contributed by atoms with Gasteiger partial charge in [0.25, 0.3) is 0 Å². The molecule has 0 aliphatic rings. The second-order valence-corrected chi connectivity index (χ2v) is 4.12. The van der Waals surface area contributed by atoms with Crippen molar-refractivity contribution in [2.45, 2.75) is 0 Å². The predicted octanol–water partition coefficient (Wildman–Crippen LogP) is 3.95. The number of aromatic carboxylic acids is 1. The third kappa shape index (κ3) is 2.33. The Kier molecular flexibility index (Phi) is 3.58. The van der Waals surface area contributed by atoms with E-state index in [-0.39, 0.29) is 18.1 Å². The van der Waals surface area contributed by atoms with Gasteiger partial charge in [0.15, 0.2) is 0 Å². The summed E-state index contributed by atoms with van der Waals surface area (Å²) in [7, 11) is 0. The summed E-state index contributed by atoms with van der Waals surface area (Å²) < 4.78 is 0. The number of halogens is 1. The first-order chi connectivity index (χ1) is 8.75. The average Bonchev–Trinajstić information content (AvgIpc) is 2.83. The Morgan fingerprint density at radius 2 is 1.74 bits per heavy atom. The van der Waals surface area contributed by atoms with Crippen molar-refractivity contribution < 1.29 is 9.90 Å². The van der Waals surface area contributed by atoms with Gasteiger partial charge in [0.1, 0.15) is 5.69 Å². The van der Waals surface area contributed by atoms with E-state index >= 15 is 0 Å². The number of benzene rings is 2. The number of nitrogens with one attached hydrogen (secondary N) is 1. The lowest BCUT2D eigenvalue weighted by molar-refractivity contribution is 0.0691. The van der Waals surface area contributed by atoms with Crippen LogP contribution in [0.5, 0.6) is 0 Å². The Morgan fingerprint density at radius 3 is 2.42 bits per heavy atom. The Hall–Kier alpha value is -2.26. The largest absolute Gasteiger partial charge is 0.477 e. The number of H-pyrrole nitrogens is 1. The molecule has 2 N–H and O–H groups in total. The van der Waals surface area contributed by atoms with E-state index in [4.69, 9.17) is 5.11 Å². The maximum atomic E-state index is 11.0. The van der Waals surface area contributed by atoms with Gasteiger partial charge in [-0.05, 0) is 11.6 Å². The summed E-state index contributed by atoms with van der Waals surface area (Å²) in [5.41, 5.74) is 3.16. The smallest absolute Gasteiger partial charge is 0.352 e. The number of aromatic nitrogens is 1. The number of aromatic amines is 1. The molecule has 0 aliphatic carbocycles. The zero-order valence-corrected chi connectivity index (χ0v) is 10.8. The van der Waals surface area contributed by atoms with Gasteiger partial charge in [-0.1, -0.05) is 48.5 Å². The molecule has 3 aromatic rings. The van der Waals surface area contributed by atoms with Crippen LogP contribution >= 0.6 is 12.4 Å². The molecule has 0 unspecified atom stereocenters. The number of hydrogen-bond donors (Lipinski definition) is 2. The van der Waals surface area contributed by atoms with Crippen molar-refractivity contribution in [1.82, 2.24) is 4.98 Å². The van der Waals surface area contributed by atoms with Crippen molar-refractivity contribution >= 4 is 29.3 Å². The van der Waals surface area contributed by atoms with E-state index in [9.17, 15) is 4.79 Å². The molecule has 19 heavy (non-hydrogen) atoms. The van der Waals surface area contributed by atoms with Crippen LogP contribution in [0.15, 0.2) is 54.6 Å². The molecule has 0 aliphatic heterocycles. The Balaban J connectivity index is 0.00000133. The van der Waals surface area contributed by atoms with Crippen molar-refractivity contribution in [2.24, 2.45) is 0 Å². The van der Waals surface area contributed by atoms with E-state index in [0.29, 0.717) is 0 Å². The third-order valence-corrected chi connectivity index (χ3v) is 2.97. The Labute approximate surface area is 116 Å². The quantitative estimate of drug-likeness (QED) is 0.743. The molecule has 0 radical (unpaired) electrons. The number of rotatable bonds is 2. The molecule has 0 spiro atoms. The molecule has 0 amide bonds. The number of carbonyl (C=O) groups is 1. The van der Waals surface area contributed by atoms with Crippen LogP contribution in [-0.2, 0) is 0 Å². The first-order valence-corrected chi connectivity index (χ1v) is 5.66.